The third-order valence-electron chi connectivity index (χ3n) is 1.81. The predicted octanol–water partition coefficient (Wildman–Crippen LogP) is 1.02. The molecule has 13 heavy (non-hydrogen) atoms. The van der Waals surface area contributed by atoms with E-state index in [0.717, 1.165) is 0 Å². The van der Waals surface area contributed by atoms with Crippen LogP contribution in [-0.2, 0) is 11.3 Å². The standard InChI is InChI=1S/C9H14N2OS/c1-6-3-4-8(13-6)5-11-7(2)9(10)12/h3-4,7,11H,5H2,1-2H3,(H2,10,12). The molecule has 0 spiro atoms. The summed E-state index contributed by atoms with van der Waals surface area (Å²) in [7, 11) is 0. The van der Waals surface area contributed by atoms with E-state index in [-0.39, 0.29) is 11.9 Å². The molecular weight excluding hydrogens is 184 g/mol. The monoisotopic (exact) mass is 198 g/mol. The molecule has 0 aromatic carbocycles. The summed E-state index contributed by atoms with van der Waals surface area (Å²) in [4.78, 5) is 13.2. The van der Waals surface area contributed by atoms with Gasteiger partial charge in [-0.3, -0.25) is 4.79 Å². The Morgan fingerprint density at radius 1 is 1.69 bits per heavy atom. The highest BCUT2D eigenvalue weighted by Gasteiger charge is 2.07. The highest BCUT2D eigenvalue weighted by atomic mass is 32.1. The van der Waals surface area contributed by atoms with Crippen molar-refractivity contribution in [2.45, 2.75) is 26.4 Å². The van der Waals surface area contributed by atoms with Crippen LogP contribution < -0.4 is 11.1 Å². The van der Waals surface area contributed by atoms with E-state index in [9.17, 15) is 4.79 Å². The number of hydrogen-bond acceptors (Lipinski definition) is 3. The summed E-state index contributed by atoms with van der Waals surface area (Å²) in [5.41, 5.74) is 5.11. The van der Waals surface area contributed by atoms with Gasteiger partial charge in [0.1, 0.15) is 0 Å². The van der Waals surface area contributed by atoms with Crippen LogP contribution in [0.5, 0.6) is 0 Å². The summed E-state index contributed by atoms with van der Waals surface area (Å²) >= 11 is 1.73. The number of rotatable bonds is 4. The zero-order chi connectivity index (χ0) is 9.84. The van der Waals surface area contributed by atoms with Gasteiger partial charge in [0, 0.05) is 16.3 Å². The minimum Gasteiger partial charge on any atom is -0.368 e. The normalized spacial score (nSPS) is 12.8. The third kappa shape index (κ3) is 3.16. The second kappa shape index (κ2) is 4.39. The molecule has 1 aromatic rings. The van der Waals surface area contributed by atoms with Gasteiger partial charge in [-0.1, -0.05) is 0 Å². The Hall–Kier alpha value is -0.870. The van der Waals surface area contributed by atoms with Gasteiger partial charge in [0.25, 0.3) is 0 Å². The number of nitrogens with two attached hydrogens (primary N) is 1. The topological polar surface area (TPSA) is 55.1 Å². The van der Waals surface area contributed by atoms with E-state index in [1.807, 2.05) is 0 Å². The molecule has 1 amide bonds. The number of nitrogens with one attached hydrogen (secondary N) is 1. The Balaban J connectivity index is 2.39. The predicted molar refractivity (Wildman–Crippen MR) is 54.6 cm³/mol. The highest BCUT2D eigenvalue weighted by molar-refractivity contribution is 7.11. The van der Waals surface area contributed by atoms with E-state index in [4.69, 9.17) is 5.73 Å². The molecule has 72 valence electrons. The van der Waals surface area contributed by atoms with Gasteiger partial charge >= 0.3 is 0 Å². The second-order valence-electron chi connectivity index (χ2n) is 3.02. The van der Waals surface area contributed by atoms with Gasteiger partial charge in [-0.25, -0.2) is 0 Å². The Kier molecular flexibility index (Phi) is 3.45. The molecule has 1 aromatic heterocycles. The van der Waals surface area contributed by atoms with E-state index >= 15 is 0 Å². The minimum atomic E-state index is -0.312. The molecule has 3 nitrogen and oxygen atoms in total. The summed E-state index contributed by atoms with van der Waals surface area (Å²) in [5.74, 6) is -0.312. The molecule has 0 saturated heterocycles. The molecule has 1 heterocycles. The molecule has 0 aliphatic heterocycles. The Labute approximate surface area is 81.9 Å². The first-order valence-corrected chi connectivity index (χ1v) is 4.99. The van der Waals surface area contributed by atoms with Crippen LogP contribution in [0, 0.1) is 6.92 Å². The lowest BCUT2D eigenvalue weighted by Crippen LogP contribution is -2.38. The Morgan fingerprint density at radius 3 is 2.85 bits per heavy atom. The van der Waals surface area contributed by atoms with E-state index < -0.39 is 0 Å². The van der Waals surface area contributed by atoms with Crippen molar-refractivity contribution in [3.8, 4) is 0 Å². The van der Waals surface area contributed by atoms with Crippen LogP contribution >= 0.6 is 11.3 Å². The Morgan fingerprint density at radius 2 is 2.38 bits per heavy atom. The lowest BCUT2D eigenvalue weighted by Gasteiger charge is -2.07. The number of primary amides is 1. The molecule has 3 N–H and O–H groups in total. The van der Waals surface area contributed by atoms with Crippen LogP contribution in [0.4, 0.5) is 0 Å². The SMILES string of the molecule is Cc1ccc(CNC(C)C(N)=O)s1. The zero-order valence-corrected chi connectivity index (χ0v) is 8.65. The van der Waals surface area contributed by atoms with Gasteiger partial charge in [0.15, 0.2) is 0 Å². The average Bonchev–Trinajstić information content (AvgIpc) is 2.47. The number of aryl methyl sites for hydroxylation is 1. The van der Waals surface area contributed by atoms with Gasteiger partial charge < -0.3 is 11.1 Å². The van der Waals surface area contributed by atoms with E-state index in [1.54, 1.807) is 18.3 Å². The van der Waals surface area contributed by atoms with Crippen molar-refractivity contribution in [3.05, 3.63) is 21.9 Å². The first-order valence-electron chi connectivity index (χ1n) is 4.17. The van der Waals surface area contributed by atoms with Crippen LogP contribution in [0.15, 0.2) is 12.1 Å². The fraction of sp³-hybridized carbons (Fsp3) is 0.444. The highest BCUT2D eigenvalue weighted by Crippen LogP contribution is 2.14. The molecule has 0 fully saturated rings. The maximum absolute atomic E-state index is 10.7. The molecule has 0 saturated carbocycles. The molecular formula is C9H14N2OS. The van der Waals surface area contributed by atoms with Gasteiger partial charge in [0.05, 0.1) is 6.04 Å². The summed E-state index contributed by atoms with van der Waals surface area (Å²) in [6, 6.07) is 3.86. The maximum atomic E-state index is 10.7. The van der Waals surface area contributed by atoms with Crippen LogP contribution in [-0.4, -0.2) is 11.9 Å². The average molecular weight is 198 g/mol. The van der Waals surface area contributed by atoms with E-state index in [1.165, 1.54) is 9.75 Å². The quantitative estimate of drug-likeness (QED) is 0.759. The molecule has 0 aliphatic carbocycles. The van der Waals surface area contributed by atoms with Crippen molar-refractivity contribution in [3.63, 3.8) is 0 Å². The second-order valence-corrected chi connectivity index (χ2v) is 4.39. The maximum Gasteiger partial charge on any atom is 0.234 e. The van der Waals surface area contributed by atoms with E-state index in [0.29, 0.717) is 6.54 Å². The van der Waals surface area contributed by atoms with Crippen molar-refractivity contribution in [1.82, 2.24) is 5.32 Å². The first-order chi connectivity index (χ1) is 6.09. The van der Waals surface area contributed by atoms with Crippen molar-refractivity contribution in [2.75, 3.05) is 0 Å². The summed E-state index contributed by atoms with van der Waals surface area (Å²) < 4.78 is 0. The fourth-order valence-electron chi connectivity index (χ4n) is 0.934. The Bertz CT molecular complexity index is 296. The number of thiophene rings is 1. The van der Waals surface area contributed by atoms with Crippen LogP contribution in [0.2, 0.25) is 0 Å². The third-order valence-corrected chi connectivity index (χ3v) is 2.81. The first kappa shape index (κ1) is 10.2. The molecule has 1 atom stereocenters. The van der Waals surface area contributed by atoms with Gasteiger partial charge in [-0.15, -0.1) is 11.3 Å². The summed E-state index contributed by atoms with van der Waals surface area (Å²) in [5, 5.41) is 3.05. The molecule has 4 heteroatoms. The largest absolute Gasteiger partial charge is 0.368 e. The molecule has 0 radical (unpaired) electrons. The number of carbonyl (C=O) groups excluding carboxylic acids is 1. The van der Waals surface area contributed by atoms with Crippen molar-refractivity contribution < 1.29 is 4.79 Å². The minimum absolute atomic E-state index is 0.262. The molecule has 1 rings (SSSR count). The number of amides is 1. The zero-order valence-electron chi connectivity index (χ0n) is 7.83. The van der Waals surface area contributed by atoms with Crippen LogP contribution in [0.1, 0.15) is 16.7 Å². The summed E-state index contributed by atoms with van der Waals surface area (Å²) in [6.45, 7) is 4.54. The number of carbonyl (C=O) groups is 1. The van der Waals surface area contributed by atoms with Gasteiger partial charge in [-0.05, 0) is 26.0 Å². The molecule has 0 aliphatic rings. The van der Waals surface area contributed by atoms with Crippen LogP contribution in [0.25, 0.3) is 0 Å². The van der Waals surface area contributed by atoms with Crippen LogP contribution in [0.3, 0.4) is 0 Å². The number of hydrogen-bond donors (Lipinski definition) is 2. The lowest BCUT2D eigenvalue weighted by atomic mass is 10.3. The van der Waals surface area contributed by atoms with Gasteiger partial charge in [-0.2, -0.15) is 0 Å². The molecule has 1 unspecified atom stereocenters. The van der Waals surface area contributed by atoms with Crippen molar-refractivity contribution in [2.24, 2.45) is 5.73 Å². The van der Waals surface area contributed by atoms with Gasteiger partial charge in [0.2, 0.25) is 5.91 Å². The van der Waals surface area contributed by atoms with Crippen molar-refractivity contribution in [1.29, 1.82) is 0 Å². The molecule has 0 bridgehead atoms. The van der Waals surface area contributed by atoms with Crippen molar-refractivity contribution >= 4 is 17.2 Å². The smallest absolute Gasteiger partial charge is 0.234 e. The summed E-state index contributed by atoms with van der Waals surface area (Å²) in [6.07, 6.45) is 0. The fourth-order valence-corrected chi connectivity index (χ4v) is 1.78. The van der Waals surface area contributed by atoms with E-state index in [2.05, 4.69) is 24.4 Å². The lowest BCUT2D eigenvalue weighted by molar-refractivity contribution is -0.119.